The van der Waals surface area contributed by atoms with Crippen molar-refractivity contribution in [3.8, 4) is 5.88 Å². The highest BCUT2D eigenvalue weighted by molar-refractivity contribution is 6.32. The second-order valence-corrected chi connectivity index (χ2v) is 7.48. The van der Waals surface area contributed by atoms with E-state index in [1.54, 1.807) is 19.5 Å². The number of rotatable bonds is 3. The van der Waals surface area contributed by atoms with Crippen LogP contribution < -0.4 is 9.64 Å². The number of hydrogen-bond donors (Lipinski definition) is 0. The first kappa shape index (κ1) is 18.0. The van der Waals surface area contributed by atoms with Crippen LogP contribution in [0.5, 0.6) is 5.88 Å². The number of aryl methyl sites for hydroxylation is 1. The quantitative estimate of drug-likeness (QED) is 0.805. The molecule has 0 spiro atoms. The van der Waals surface area contributed by atoms with E-state index < -0.39 is 0 Å². The number of pyridine rings is 1. The van der Waals surface area contributed by atoms with E-state index in [1.807, 2.05) is 18.7 Å². The van der Waals surface area contributed by atoms with Gasteiger partial charge in [0.15, 0.2) is 0 Å². The molecule has 142 valence electrons. The summed E-state index contributed by atoms with van der Waals surface area (Å²) in [6, 6.07) is 0. The molecule has 8 heteroatoms. The van der Waals surface area contributed by atoms with Gasteiger partial charge < -0.3 is 14.5 Å². The molecule has 0 N–H and O–H groups in total. The van der Waals surface area contributed by atoms with Gasteiger partial charge in [-0.25, -0.2) is 9.97 Å². The Kier molecular flexibility index (Phi) is 4.63. The normalized spacial score (nSPS) is 18.7. The molecule has 0 radical (unpaired) electrons. The van der Waals surface area contributed by atoms with Crippen LogP contribution in [0.4, 0.5) is 5.82 Å². The highest BCUT2D eigenvalue weighted by Crippen LogP contribution is 2.32. The minimum atomic E-state index is -0.0416. The van der Waals surface area contributed by atoms with Crippen LogP contribution in [-0.4, -0.2) is 46.0 Å². The standard InChI is InChI=1S/C19H22ClN5O2/c1-11-14-9-25(10-15(14)23-12(2)18(11)20)19(26)13-4-5-24(8-13)16-6-22-17(27-3)7-21-16/h6-7,13H,4-5,8-10H2,1-3H3. The van der Waals surface area contributed by atoms with Crippen molar-refractivity contribution in [2.24, 2.45) is 5.92 Å². The number of hydrogen-bond acceptors (Lipinski definition) is 6. The molecule has 0 aliphatic carbocycles. The monoisotopic (exact) mass is 387 g/mol. The van der Waals surface area contributed by atoms with E-state index in [2.05, 4.69) is 19.9 Å². The van der Waals surface area contributed by atoms with Crippen LogP contribution in [0.15, 0.2) is 12.4 Å². The summed E-state index contributed by atoms with van der Waals surface area (Å²) < 4.78 is 5.05. The van der Waals surface area contributed by atoms with Crippen molar-refractivity contribution >= 4 is 23.3 Å². The van der Waals surface area contributed by atoms with E-state index in [0.717, 1.165) is 41.3 Å². The Morgan fingerprint density at radius 2 is 2.07 bits per heavy atom. The Bertz CT molecular complexity index is 887. The molecule has 1 amide bonds. The SMILES string of the molecule is COc1cnc(N2CCC(C(=O)N3Cc4nc(C)c(Cl)c(C)c4C3)C2)cn1. The number of amides is 1. The van der Waals surface area contributed by atoms with Crippen LogP contribution in [-0.2, 0) is 17.9 Å². The van der Waals surface area contributed by atoms with Crippen LogP contribution >= 0.6 is 11.6 Å². The molecule has 0 aromatic carbocycles. The van der Waals surface area contributed by atoms with Crippen molar-refractivity contribution in [2.75, 3.05) is 25.1 Å². The average Bonchev–Trinajstić information content (AvgIpc) is 3.33. The molecule has 1 fully saturated rings. The van der Waals surface area contributed by atoms with E-state index in [0.29, 0.717) is 30.5 Å². The van der Waals surface area contributed by atoms with Gasteiger partial charge in [0, 0.05) is 19.6 Å². The average molecular weight is 388 g/mol. The number of ether oxygens (including phenoxy) is 1. The van der Waals surface area contributed by atoms with Gasteiger partial charge in [0.1, 0.15) is 5.82 Å². The lowest BCUT2D eigenvalue weighted by Crippen LogP contribution is -2.34. The smallest absolute Gasteiger partial charge is 0.232 e. The first-order valence-electron chi connectivity index (χ1n) is 9.02. The third-order valence-corrected chi connectivity index (χ3v) is 5.99. The van der Waals surface area contributed by atoms with Crippen molar-refractivity contribution in [3.63, 3.8) is 0 Å². The summed E-state index contributed by atoms with van der Waals surface area (Å²) in [6.45, 7) is 6.51. The maximum absolute atomic E-state index is 13.1. The van der Waals surface area contributed by atoms with E-state index in [1.165, 1.54) is 0 Å². The molecular weight excluding hydrogens is 366 g/mol. The predicted octanol–water partition coefficient (Wildman–Crippen LogP) is 2.52. The molecule has 2 aliphatic rings. The van der Waals surface area contributed by atoms with Crippen molar-refractivity contribution in [1.82, 2.24) is 19.9 Å². The lowest BCUT2D eigenvalue weighted by Gasteiger charge is -2.21. The zero-order chi connectivity index (χ0) is 19.1. The molecule has 4 rings (SSSR count). The summed E-state index contributed by atoms with van der Waals surface area (Å²) in [6.07, 6.45) is 4.10. The maximum atomic E-state index is 13.1. The number of anilines is 1. The largest absolute Gasteiger partial charge is 0.480 e. The highest BCUT2D eigenvalue weighted by atomic mass is 35.5. The molecule has 1 atom stereocenters. The maximum Gasteiger partial charge on any atom is 0.232 e. The van der Waals surface area contributed by atoms with Crippen molar-refractivity contribution < 1.29 is 9.53 Å². The Labute approximate surface area is 163 Å². The lowest BCUT2D eigenvalue weighted by atomic mass is 10.1. The van der Waals surface area contributed by atoms with Crippen LogP contribution in [0.2, 0.25) is 5.02 Å². The fraction of sp³-hybridized carbons (Fsp3) is 0.474. The zero-order valence-electron chi connectivity index (χ0n) is 15.7. The summed E-state index contributed by atoms with van der Waals surface area (Å²) in [5.74, 6) is 1.39. The lowest BCUT2D eigenvalue weighted by molar-refractivity contribution is -0.135. The topological polar surface area (TPSA) is 71.5 Å². The van der Waals surface area contributed by atoms with E-state index in [4.69, 9.17) is 16.3 Å². The predicted molar refractivity (Wildman–Crippen MR) is 102 cm³/mol. The summed E-state index contributed by atoms with van der Waals surface area (Å²) in [5, 5.41) is 0.702. The van der Waals surface area contributed by atoms with E-state index in [9.17, 15) is 4.79 Å². The van der Waals surface area contributed by atoms with Crippen LogP contribution in [0, 0.1) is 19.8 Å². The molecule has 4 heterocycles. The number of fused-ring (bicyclic) bond motifs is 1. The number of nitrogens with zero attached hydrogens (tertiary/aromatic N) is 5. The van der Waals surface area contributed by atoms with Crippen LogP contribution in [0.3, 0.4) is 0 Å². The van der Waals surface area contributed by atoms with Gasteiger partial charge in [-0.05, 0) is 31.4 Å². The van der Waals surface area contributed by atoms with E-state index in [-0.39, 0.29) is 11.8 Å². The van der Waals surface area contributed by atoms with Gasteiger partial charge in [0.25, 0.3) is 0 Å². The molecule has 0 bridgehead atoms. The number of halogens is 1. The Morgan fingerprint density at radius 1 is 1.26 bits per heavy atom. The minimum Gasteiger partial charge on any atom is -0.480 e. The van der Waals surface area contributed by atoms with Gasteiger partial charge in [0.2, 0.25) is 11.8 Å². The highest BCUT2D eigenvalue weighted by Gasteiger charge is 2.35. The van der Waals surface area contributed by atoms with Crippen molar-refractivity contribution in [2.45, 2.75) is 33.4 Å². The molecule has 2 aliphatic heterocycles. The van der Waals surface area contributed by atoms with Crippen LogP contribution in [0.1, 0.15) is 28.9 Å². The molecule has 2 aromatic rings. The molecule has 2 aromatic heterocycles. The van der Waals surface area contributed by atoms with E-state index >= 15 is 0 Å². The number of methoxy groups -OCH3 is 1. The van der Waals surface area contributed by atoms with Gasteiger partial charge >= 0.3 is 0 Å². The first-order chi connectivity index (χ1) is 13.0. The Balaban J connectivity index is 1.44. The molecule has 1 saturated heterocycles. The summed E-state index contributed by atoms with van der Waals surface area (Å²) >= 11 is 6.33. The van der Waals surface area contributed by atoms with Gasteiger partial charge in [-0.2, -0.15) is 0 Å². The van der Waals surface area contributed by atoms with Crippen molar-refractivity contribution in [3.05, 3.63) is 39.9 Å². The second-order valence-electron chi connectivity index (χ2n) is 7.10. The number of carbonyl (C=O) groups is 1. The second kappa shape index (κ2) is 6.96. The third kappa shape index (κ3) is 3.20. The summed E-state index contributed by atoms with van der Waals surface area (Å²) in [7, 11) is 1.56. The van der Waals surface area contributed by atoms with Gasteiger partial charge in [-0.1, -0.05) is 11.6 Å². The fourth-order valence-corrected chi connectivity index (χ4v) is 4.03. The van der Waals surface area contributed by atoms with Crippen molar-refractivity contribution in [1.29, 1.82) is 0 Å². The molecule has 27 heavy (non-hydrogen) atoms. The Hall–Kier alpha value is -2.41. The Morgan fingerprint density at radius 3 is 2.78 bits per heavy atom. The molecule has 7 nitrogen and oxygen atoms in total. The molecule has 1 unspecified atom stereocenters. The zero-order valence-corrected chi connectivity index (χ0v) is 16.5. The van der Waals surface area contributed by atoms with Gasteiger partial charge in [-0.15, -0.1) is 0 Å². The van der Waals surface area contributed by atoms with Crippen LogP contribution in [0.25, 0.3) is 0 Å². The number of carbonyl (C=O) groups excluding carboxylic acids is 1. The summed E-state index contributed by atoms with van der Waals surface area (Å²) in [5.41, 5.74) is 3.93. The molecular formula is C19H22ClN5O2. The molecule has 0 saturated carbocycles. The fourth-order valence-electron chi connectivity index (χ4n) is 3.87. The third-order valence-electron chi connectivity index (χ3n) is 5.44. The van der Waals surface area contributed by atoms with Gasteiger partial charge in [0.05, 0.1) is 48.4 Å². The first-order valence-corrected chi connectivity index (χ1v) is 9.40. The van der Waals surface area contributed by atoms with Gasteiger partial charge in [-0.3, -0.25) is 9.78 Å². The minimum absolute atomic E-state index is 0.0416. The summed E-state index contributed by atoms with van der Waals surface area (Å²) in [4.78, 5) is 30.2. The number of aromatic nitrogens is 3.